The number of aryl methyl sites for hydroxylation is 1. The van der Waals surface area contributed by atoms with Crippen molar-refractivity contribution in [3.05, 3.63) is 65.5 Å². The molecule has 2 heterocycles. The smallest absolute Gasteiger partial charge is 0.273 e. The molecule has 0 bridgehead atoms. The van der Waals surface area contributed by atoms with Crippen LogP contribution in [0.4, 0.5) is 0 Å². The second-order valence-electron chi connectivity index (χ2n) is 5.95. The number of ether oxygens (including phenoxy) is 2. The molecule has 0 spiro atoms. The van der Waals surface area contributed by atoms with Gasteiger partial charge in [-0.25, -0.2) is 4.98 Å². The minimum atomic E-state index is -0.275. The maximum Gasteiger partial charge on any atom is 0.273 e. The lowest BCUT2D eigenvalue weighted by Crippen LogP contribution is -2.24. The third-order valence-electron chi connectivity index (χ3n) is 4.09. The third kappa shape index (κ3) is 3.26. The summed E-state index contributed by atoms with van der Waals surface area (Å²) in [5.41, 5.74) is 2.05. The minimum absolute atomic E-state index is 0.275. The topological polar surface area (TPSA) is 73.6 Å². The van der Waals surface area contributed by atoms with Crippen LogP contribution in [0, 0.1) is 6.92 Å². The zero-order valence-corrected chi connectivity index (χ0v) is 14.3. The Kier molecular flexibility index (Phi) is 4.31. The van der Waals surface area contributed by atoms with Crippen molar-refractivity contribution >= 4 is 5.91 Å². The van der Waals surface area contributed by atoms with E-state index in [2.05, 4.69) is 10.3 Å². The molecule has 2 aromatic carbocycles. The highest BCUT2D eigenvalue weighted by Gasteiger charge is 2.18. The van der Waals surface area contributed by atoms with Gasteiger partial charge in [0.1, 0.15) is 19.0 Å². The van der Waals surface area contributed by atoms with E-state index < -0.39 is 0 Å². The maximum absolute atomic E-state index is 12.5. The molecule has 0 saturated heterocycles. The fraction of sp³-hybridized carbons (Fsp3) is 0.200. The zero-order chi connectivity index (χ0) is 17.9. The van der Waals surface area contributed by atoms with E-state index in [1.165, 1.54) is 0 Å². The van der Waals surface area contributed by atoms with Crippen molar-refractivity contribution in [3.8, 4) is 23.0 Å². The summed E-state index contributed by atoms with van der Waals surface area (Å²) >= 11 is 0. The van der Waals surface area contributed by atoms with Crippen LogP contribution < -0.4 is 14.8 Å². The van der Waals surface area contributed by atoms with Crippen LogP contribution in [-0.2, 0) is 6.54 Å². The summed E-state index contributed by atoms with van der Waals surface area (Å²) in [6.07, 6.45) is 0. The van der Waals surface area contributed by atoms with E-state index in [0.29, 0.717) is 42.9 Å². The first-order valence-corrected chi connectivity index (χ1v) is 8.40. The quantitative estimate of drug-likeness (QED) is 0.781. The molecule has 0 aliphatic carbocycles. The Labute approximate surface area is 150 Å². The predicted molar refractivity (Wildman–Crippen MR) is 95.3 cm³/mol. The minimum Gasteiger partial charge on any atom is -0.486 e. The van der Waals surface area contributed by atoms with Gasteiger partial charge in [-0.05, 0) is 36.8 Å². The average molecular weight is 350 g/mol. The molecule has 1 amide bonds. The second-order valence-corrected chi connectivity index (χ2v) is 5.95. The van der Waals surface area contributed by atoms with Crippen LogP contribution in [0.15, 0.2) is 52.9 Å². The van der Waals surface area contributed by atoms with Gasteiger partial charge in [-0.1, -0.05) is 24.3 Å². The Hall–Kier alpha value is -3.28. The SMILES string of the molecule is Cc1oc(-c2ccccc2)nc1C(=O)NCc1ccc2c(c1)OCCO2. The number of benzene rings is 2. The van der Waals surface area contributed by atoms with Crippen LogP contribution in [0.2, 0.25) is 0 Å². The molecular weight excluding hydrogens is 332 g/mol. The molecule has 3 aromatic rings. The summed E-state index contributed by atoms with van der Waals surface area (Å²) < 4.78 is 16.7. The van der Waals surface area contributed by atoms with E-state index in [1.54, 1.807) is 6.92 Å². The number of carbonyl (C=O) groups excluding carboxylic acids is 1. The standard InChI is InChI=1S/C20H18N2O4/c1-13-18(22-20(26-13)15-5-3-2-4-6-15)19(23)21-12-14-7-8-16-17(11-14)25-10-9-24-16/h2-8,11H,9-10,12H2,1H3,(H,21,23). The number of aromatic nitrogens is 1. The normalized spacial score (nSPS) is 12.7. The first kappa shape index (κ1) is 16.2. The van der Waals surface area contributed by atoms with Crippen molar-refractivity contribution < 1.29 is 18.7 Å². The monoisotopic (exact) mass is 350 g/mol. The van der Waals surface area contributed by atoms with Crippen LogP contribution in [0.3, 0.4) is 0 Å². The van der Waals surface area contributed by atoms with E-state index in [-0.39, 0.29) is 5.91 Å². The summed E-state index contributed by atoms with van der Waals surface area (Å²) in [6, 6.07) is 15.1. The van der Waals surface area contributed by atoms with E-state index in [9.17, 15) is 4.79 Å². The molecule has 0 atom stereocenters. The molecular formula is C20H18N2O4. The molecule has 6 nitrogen and oxygen atoms in total. The zero-order valence-electron chi connectivity index (χ0n) is 14.3. The summed E-state index contributed by atoms with van der Waals surface area (Å²) in [6.45, 7) is 3.18. The molecule has 1 aliphatic heterocycles. The van der Waals surface area contributed by atoms with Gasteiger partial charge < -0.3 is 19.2 Å². The number of hydrogen-bond donors (Lipinski definition) is 1. The lowest BCUT2D eigenvalue weighted by Gasteiger charge is -2.18. The number of hydrogen-bond acceptors (Lipinski definition) is 5. The van der Waals surface area contributed by atoms with E-state index in [1.807, 2.05) is 48.5 Å². The molecule has 6 heteroatoms. The highest BCUT2D eigenvalue weighted by atomic mass is 16.6. The van der Waals surface area contributed by atoms with Gasteiger partial charge in [0.05, 0.1) is 0 Å². The van der Waals surface area contributed by atoms with Gasteiger partial charge in [0.2, 0.25) is 5.89 Å². The first-order chi connectivity index (χ1) is 12.7. The number of amides is 1. The fourth-order valence-electron chi connectivity index (χ4n) is 2.78. The molecule has 1 aliphatic rings. The second kappa shape index (κ2) is 6.92. The van der Waals surface area contributed by atoms with Crippen molar-refractivity contribution in [2.75, 3.05) is 13.2 Å². The lowest BCUT2D eigenvalue weighted by molar-refractivity contribution is 0.0945. The number of fused-ring (bicyclic) bond motifs is 1. The van der Waals surface area contributed by atoms with Crippen molar-refractivity contribution in [2.45, 2.75) is 13.5 Å². The summed E-state index contributed by atoms with van der Waals surface area (Å²) in [5, 5.41) is 2.87. The third-order valence-corrected chi connectivity index (χ3v) is 4.09. The van der Waals surface area contributed by atoms with Crippen molar-refractivity contribution in [3.63, 3.8) is 0 Å². The predicted octanol–water partition coefficient (Wildman–Crippen LogP) is 3.35. The van der Waals surface area contributed by atoms with Gasteiger partial charge in [-0.15, -0.1) is 0 Å². The number of rotatable bonds is 4. The molecule has 1 aromatic heterocycles. The van der Waals surface area contributed by atoms with E-state index >= 15 is 0 Å². The van der Waals surface area contributed by atoms with Gasteiger partial charge in [0.25, 0.3) is 5.91 Å². The van der Waals surface area contributed by atoms with Gasteiger partial charge >= 0.3 is 0 Å². The summed E-state index contributed by atoms with van der Waals surface area (Å²) in [7, 11) is 0. The van der Waals surface area contributed by atoms with Crippen molar-refractivity contribution in [1.29, 1.82) is 0 Å². The van der Waals surface area contributed by atoms with Crippen LogP contribution in [-0.4, -0.2) is 24.1 Å². The average Bonchev–Trinajstić information content (AvgIpc) is 3.08. The highest BCUT2D eigenvalue weighted by Crippen LogP contribution is 2.30. The summed E-state index contributed by atoms with van der Waals surface area (Å²) in [4.78, 5) is 16.8. The Morgan fingerprint density at radius 1 is 1.08 bits per heavy atom. The molecule has 26 heavy (non-hydrogen) atoms. The number of nitrogens with one attached hydrogen (secondary N) is 1. The van der Waals surface area contributed by atoms with Gasteiger partial charge in [0, 0.05) is 12.1 Å². The first-order valence-electron chi connectivity index (χ1n) is 8.40. The molecule has 0 fully saturated rings. The van der Waals surface area contributed by atoms with Crippen LogP contribution in [0.25, 0.3) is 11.5 Å². The van der Waals surface area contributed by atoms with Gasteiger partial charge in [-0.2, -0.15) is 0 Å². The molecule has 132 valence electrons. The molecule has 1 N–H and O–H groups in total. The Morgan fingerprint density at radius 3 is 2.65 bits per heavy atom. The molecule has 0 unspecified atom stereocenters. The number of nitrogens with zero attached hydrogens (tertiary/aromatic N) is 1. The Morgan fingerprint density at radius 2 is 1.85 bits per heavy atom. The van der Waals surface area contributed by atoms with Gasteiger partial charge in [-0.3, -0.25) is 4.79 Å². The maximum atomic E-state index is 12.5. The number of oxazole rings is 1. The van der Waals surface area contributed by atoms with Crippen LogP contribution >= 0.6 is 0 Å². The van der Waals surface area contributed by atoms with Crippen molar-refractivity contribution in [2.24, 2.45) is 0 Å². The number of carbonyl (C=O) groups is 1. The fourth-order valence-corrected chi connectivity index (χ4v) is 2.78. The van der Waals surface area contributed by atoms with E-state index in [0.717, 1.165) is 16.9 Å². The van der Waals surface area contributed by atoms with Crippen LogP contribution in [0.1, 0.15) is 21.8 Å². The molecule has 4 rings (SSSR count). The molecule has 0 saturated carbocycles. The highest BCUT2D eigenvalue weighted by molar-refractivity contribution is 5.93. The molecule has 0 radical (unpaired) electrons. The largest absolute Gasteiger partial charge is 0.486 e. The van der Waals surface area contributed by atoms with Crippen molar-refractivity contribution in [1.82, 2.24) is 10.3 Å². The Balaban J connectivity index is 1.46. The summed E-state index contributed by atoms with van der Waals surface area (Å²) in [5.74, 6) is 2.08. The Bertz CT molecular complexity index is 934. The van der Waals surface area contributed by atoms with Gasteiger partial charge in [0.15, 0.2) is 17.2 Å². The van der Waals surface area contributed by atoms with E-state index in [4.69, 9.17) is 13.9 Å². The lowest BCUT2D eigenvalue weighted by atomic mass is 10.2. The van der Waals surface area contributed by atoms with Crippen LogP contribution in [0.5, 0.6) is 11.5 Å².